The molecule has 3 nitrogen and oxygen atoms in total. The van der Waals surface area contributed by atoms with Crippen LogP contribution < -0.4 is 5.32 Å². The van der Waals surface area contributed by atoms with Crippen LogP contribution >= 0.6 is 0 Å². The van der Waals surface area contributed by atoms with Crippen molar-refractivity contribution in [1.29, 1.82) is 5.26 Å². The molecule has 0 saturated carbocycles. The quantitative estimate of drug-likeness (QED) is 0.923. The van der Waals surface area contributed by atoms with E-state index in [1.807, 2.05) is 6.92 Å². The minimum Gasteiger partial charge on any atom is -0.382 e. The predicted molar refractivity (Wildman–Crippen MR) is 68.2 cm³/mol. The number of nitriles is 1. The molecule has 1 fully saturated rings. The highest BCUT2D eigenvalue weighted by atomic mass is 19.4. The minimum absolute atomic E-state index is 0.00591. The lowest BCUT2D eigenvalue weighted by molar-refractivity contribution is -0.137. The Hall–Kier alpha value is -1.74. The molecule has 1 aliphatic heterocycles. The molecule has 0 radical (unpaired) electrons. The van der Waals surface area contributed by atoms with Gasteiger partial charge in [0.15, 0.2) is 0 Å². The smallest absolute Gasteiger partial charge is 0.382 e. The minimum atomic E-state index is -4.49. The number of hydrogen-bond donors (Lipinski definition) is 1. The van der Waals surface area contributed by atoms with E-state index in [0.717, 1.165) is 18.9 Å². The maximum absolute atomic E-state index is 12.9. The summed E-state index contributed by atoms with van der Waals surface area (Å²) in [6, 6.07) is 5.24. The van der Waals surface area contributed by atoms with E-state index in [2.05, 4.69) is 5.32 Å². The molecule has 20 heavy (non-hydrogen) atoms. The molecular formula is C14H15F3N2O. The van der Waals surface area contributed by atoms with E-state index in [4.69, 9.17) is 10.00 Å². The Bertz CT molecular complexity index is 522. The normalized spacial score (nSPS) is 22.6. The highest BCUT2D eigenvalue weighted by Gasteiger charge is 2.34. The monoisotopic (exact) mass is 284 g/mol. The Morgan fingerprint density at radius 2 is 2.15 bits per heavy atom. The van der Waals surface area contributed by atoms with Gasteiger partial charge >= 0.3 is 6.18 Å². The van der Waals surface area contributed by atoms with Crippen molar-refractivity contribution in [2.24, 2.45) is 0 Å². The molecule has 2 unspecified atom stereocenters. The van der Waals surface area contributed by atoms with Crippen LogP contribution in [0.1, 0.15) is 30.9 Å². The summed E-state index contributed by atoms with van der Waals surface area (Å²) in [4.78, 5) is 0. The van der Waals surface area contributed by atoms with E-state index in [1.54, 1.807) is 6.07 Å². The van der Waals surface area contributed by atoms with Crippen molar-refractivity contribution in [3.05, 3.63) is 29.3 Å². The van der Waals surface area contributed by atoms with Gasteiger partial charge < -0.3 is 10.1 Å². The zero-order valence-electron chi connectivity index (χ0n) is 11.0. The van der Waals surface area contributed by atoms with Gasteiger partial charge in [-0.2, -0.15) is 18.4 Å². The number of ether oxygens (including phenoxy) is 1. The van der Waals surface area contributed by atoms with Crippen LogP contribution in [0.15, 0.2) is 18.2 Å². The van der Waals surface area contributed by atoms with Crippen molar-refractivity contribution in [2.45, 2.75) is 38.1 Å². The average molecular weight is 284 g/mol. The van der Waals surface area contributed by atoms with Crippen LogP contribution in [0, 0.1) is 11.3 Å². The first-order valence-electron chi connectivity index (χ1n) is 6.41. The second-order valence-corrected chi connectivity index (χ2v) is 4.90. The lowest BCUT2D eigenvalue weighted by Crippen LogP contribution is -2.21. The molecule has 0 spiro atoms. The Labute approximate surface area is 115 Å². The van der Waals surface area contributed by atoms with Crippen LogP contribution in [0.4, 0.5) is 18.9 Å². The predicted octanol–water partition coefficient (Wildman–Crippen LogP) is 3.56. The summed E-state index contributed by atoms with van der Waals surface area (Å²) in [7, 11) is 0. The van der Waals surface area contributed by atoms with Crippen molar-refractivity contribution in [1.82, 2.24) is 0 Å². The zero-order chi connectivity index (χ0) is 14.8. The molecule has 108 valence electrons. The standard InChI is InChI=1S/C14H15F3N2O/c1-9-2-4-11(20-9)8-19-13-5-3-10(7-18)6-12(13)14(15,16)17/h3,5-6,9,11,19H,2,4,8H2,1H3. The molecule has 1 saturated heterocycles. The van der Waals surface area contributed by atoms with Crippen molar-refractivity contribution < 1.29 is 17.9 Å². The van der Waals surface area contributed by atoms with Gasteiger partial charge in [-0.1, -0.05) is 0 Å². The Kier molecular flexibility index (Phi) is 4.19. The van der Waals surface area contributed by atoms with Crippen LogP contribution in [0.2, 0.25) is 0 Å². The molecule has 1 aromatic rings. The summed E-state index contributed by atoms with van der Waals surface area (Å²) in [5, 5.41) is 11.5. The number of anilines is 1. The Morgan fingerprint density at radius 1 is 1.40 bits per heavy atom. The number of rotatable bonds is 3. The third-order valence-corrected chi connectivity index (χ3v) is 3.29. The third kappa shape index (κ3) is 3.42. The van der Waals surface area contributed by atoms with Crippen LogP contribution in [-0.4, -0.2) is 18.8 Å². The molecule has 0 bridgehead atoms. The number of benzene rings is 1. The number of nitrogens with one attached hydrogen (secondary N) is 1. The van der Waals surface area contributed by atoms with Gasteiger partial charge in [-0.3, -0.25) is 0 Å². The van der Waals surface area contributed by atoms with Gasteiger partial charge in [-0.25, -0.2) is 0 Å². The van der Waals surface area contributed by atoms with E-state index in [-0.39, 0.29) is 23.5 Å². The van der Waals surface area contributed by atoms with Gasteiger partial charge in [0.1, 0.15) is 0 Å². The summed E-state index contributed by atoms with van der Waals surface area (Å²) in [5.74, 6) is 0. The lowest BCUT2D eigenvalue weighted by Gasteiger charge is -2.17. The van der Waals surface area contributed by atoms with E-state index in [0.29, 0.717) is 6.54 Å². The molecule has 1 aliphatic rings. The Morgan fingerprint density at radius 3 is 2.70 bits per heavy atom. The fourth-order valence-corrected chi connectivity index (χ4v) is 2.26. The van der Waals surface area contributed by atoms with Gasteiger partial charge in [0, 0.05) is 12.2 Å². The molecule has 1 heterocycles. The van der Waals surface area contributed by atoms with E-state index in [9.17, 15) is 13.2 Å². The van der Waals surface area contributed by atoms with E-state index >= 15 is 0 Å². The van der Waals surface area contributed by atoms with Crippen molar-refractivity contribution in [3.8, 4) is 6.07 Å². The molecule has 0 aromatic heterocycles. The fourth-order valence-electron chi connectivity index (χ4n) is 2.26. The van der Waals surface area contributed by atoms with Crippen LogP contribution in [0.25, 0.3) is 0 Å². The zero-order valence-corrected chi connectivity index (χ0v) is 11.0. The van der Waals surface area contributed by atoms with Gasteiger partial charge in [-0.15, -0.1) is 0 Å². The molecule has 2 atom stereocenters. The van der Waals surface area contributed by atoms with Crippen molar-refractivity contribution >= 4 is 5.69 Å². The molecular weight excluding hydrogens is 269 g/mol. The number of nitrogens with zero attached hydrogens (tertiary/aromatic N) is 1. The van der Waals surface area contributed by atoms with Crippen molar-refractivity contribution in [3.63, 3.8) is 0 Å². The van der Waals surface area contributed by atoms with Gasteiger partial charge in [-0.05, 0) is 38.0 Å². The van der Waals surface area contributed by atoms with Crippen molar-refractivity contribution in [2.75, 3.05) is 11.9 Å². The van der Waals surface area contributed by atoms with Gasteiger partial charge in [0.05, 0.1) is 29.4 Å². The Balaban J connectivity index is 2.13. The summed E-state index contributed by atoms with van der Waals surface area (Å²) in [6.07, 6.45) is -2.64. The van der Waals surface area contributed by atoms with E-state index in [1.165, 1.54) is 12.1 Å². The molecule has 2 rings (SSSR count). The maximum Gasteiger partial charge on any atom is 0.418 e. The van der Waals surface area contributed by atoms with Crippen LogP contribution in [-0.2, 0) is 10.9 Å². The first kappa shape index (κ1) is 14.7. The topological polar surface area (TPSA) is 45.0 Å². The SMILES string of the molecule is CC1CCC(CNc2ccc(C#N)cc2C(F)(F)F)O1. The summed E-state index contributed by atoms with van der Waals surface area (Å²) < 4.78 is 44.4. The summed E-state index contributed by atoms with van der Waals surface area (Å²) >= 11 is 0. The number of hydrogen-bond acceptors (Lipinski definition) is 3. The first-order chi connectivity index (χ1) is 9.40. The largest absolute Gasteiger partial charge is 0.418 e. The van der Waals surface area contributed by atoms with Gasteiger partial charge in [0.25, 0.3) is 0 Å². The lowest BCUT2D eigenvalue weighted by atomic mass is 10.1. The number of alkyl halides is 3. The number of halogens is 3. The average Bonchev–Trinajstić information content (AvgIpc) is 2.81. The molecule has 1 aromatic carbocycles. The molecule has 0 aliphatic carbocycles. The molecule has 6 heteroatoms. The molecule has 1 N–H and O–H groups in total. The highest BCUT2D eigenvalue weighted by molar-refractivity contribution is 5.56. The summed E-state index contributed by atoms with van der Waals surface area (Å²) in [5.41, 5.74) is -0.837. The molecule has 0 amide bonds. The fraction of sp³-hybridized carbons (Fsp3) is 0.500. The second kappa shape index (κ2) is 5.71. The van der Waals surface area contributed by atoms with E-state index < -0.39 is 11.7 Å². The second-order valence-electron chi connectivity index (χ2n) is 4.90. The third-order valence-electron chi connectivity index (χ3n) is 3.29. The highest BCUT2D eigenvalue weighted by Crippen LogP contribution is 2.35. The van der Waals surface area contributed by atoms with Crippen LogP contribution in [0.5, 0.6) is 0 Å². The summed E-state index contributed by atoms with van der Waals surface area (Å²) in [6.45, 7) is 2.28. The van der Waals surface area contributed by atoms with Crippen LogP contribution in [0.3, 0.4) is 0 Å². The first-order valence-corrected chi connectivity index (χ1v) is 6.41. The maximum atomic E-state index is 12.9. The van der Waals surface area contributed by atoms with Gasteiger partial charge in [0.2, 0.25) is 0 Å².